The highest BCUT2D eigenvalue weighted by Gasteiger charge is 2.21. The van der Waals surface area contributed by atoms with E-state index in [-0.39, 0.29) is 4.75 Å². The minimum Gasteiger partial charge on any atom is -0.494 e. The van der Waals surface area contributed by atoms with Gasteiger partial charge in [0.05, 0.1) is 29.9 Å². The van der Waals surface area contributed by atoms with Crippen molar-refractivity contribution in [2.24, 2.45) is 0 Å². The van der Waals surface area contributed by atoms with E-state index in [4.69, 9.17) is 9.47 Å². The van der Waals surface area contributed by atoms with E-state index >= 15 is 0 Å². The highest BCUT2D eigenvalue weighted by atomic mass is 32.2. The molecule has 5 rings (SSSR count). The monoisotopic (exact) mass is 563 g/mol. The van der Waals surface area contributed by atoms with Crippen LogP contribution in [0.4, 0.5) is 17.6 Å². The summed E-state index contributed by atoms with van der Waals surface area (Å²) in [6.07, 6.45) is 5.00. The lowest BCUT2D eigenvalue weighted by Gasteiger charge is -2.34. The normalized spacial score (nSPS) is 14.5. The number of hydrogen-bond donors (Lipinski definition) is 2. The van der Waals surface area contributed by atoms with Crippen molar-refractivity contribution < 1.29 is 9.47 Å². The number of methoxy groups -OCH3 is 1. The van der Waals surface area contributed by atoms with Crippen LogP contribution >= 0.6 is 11.8 Å². The van der Waals surface area contributed by atoms with Crippen molar-refractivity contribution in [1.82, 2.24) is 35.0 Å². The average molecular weight is 564 g/mol. The third-order valence-corrected chi connectivity index (χ3v) is 7.93. The van der Waals surface area contributed by atoms with Crippen molar-refractivity contribution in [3.8, 4) is 11.5 Å². The van der Waals surface area contributed by atoms with Crippen LogP contribution in [0.15, 0.2) is 35.7 Å². The number of aryl methyl sites for hydroxylation is 1. The highest BCUT2D eigenvalue weighted by molar-refractivity contribution is 8.00. The lowest BCUT2D eigenvalue weighted by atomic mass is 10.2. The first-order valence-corrected chi connectivity index (χ1v) is 14.2. The number of thioether (sulfide) groups is 1. The average Bonchev–Trinajstić information content (AvgIpc) is 3.25. The van der Waals surface area contributed by atoms with Gasteiger partial charge in [0.15, 0.2) is 11.6 Å². The molecule has 0 spiro atoms. The number of aromatic amines is 1. The van der Waals surface area contributed by atoms with Crippen molar-refractivity contribution in [1.29, 1.82) is 0 Å². The maximum Gasteiger partial charge on any atom is 0.225 e. The van der Waals surface area contributed by atoms with Crippen LogP contribution in [0.5, 0.6) is 11.5 Å². The number of ether oxygens (including phenoxy) is 2. The van der Waals surface area contributed by atoms with Gasteiger partial charge in [0.1, 0.15) is 24.5 Å². The summed E-state index contributed by atoms with van der Waals surface area (Å²) in [6, 6.07) is 4.16. The van der Waals surface area contributed by atoms with Crippen LogP contribution in [0.25, 0.3) is 10.9 Å². The molecule has 212 valence electrons. The zero-order valence-electron chi connectivity index (χ0n) is 24.0. The Morgan fingerprint density at radius 1 is 1.00 bits per heavy atom. The number of hydrogen-bond acceptors (Lipinski definition) is 11. The first kappa shape index (κ1) is 27.9. The number of nitrogens with one attached hydrogen (secondary N) is 2. The number of anilines is 3. The van der Waals surface area contributed by atoms with Gasteiger partial charge in [-0.3, -0.25) is 10.00 Å². The topological polar surface area (TPSA) is 117 Å². The SMILES string of the molecule is COc1cnc(N2CCN(CCOc3cc4ncnc(Nc5n[nH]c(C)c5C)c4cc3SC(C)(C)C)CC2)nc1. The Bertz CT molecular complexity index is 1440. The van der Waals surface area contributed by atoms with E-state index in [9.17, 15) is 0 Å². The Kier molecular flexibility index (Phi) is 8.27. The minimum atomic E-state index is 0.00473. The molecular formula is C28H37N9O2S. The van der Waals surface area contributed by atoms with E-state index in [2.05, 4.69) is 72.1 Å². The van der Waals surface area contributed by atoms with Crippen molar-refractivity contribution in [2.75, 3.05) is 56.7 Å². The third kappa shape index (κ3) is 6.56. The molecule has 0 unspecified atom stereocenters. The molecule has 40 heavy (non-hydrogen) atoms. The number of nitrogens with zero attached hydrogens (tertiary/aromatic N) is 7. The molecule has 4 heterocycles. The van der Waals surface area contributed by atoms with Crippen LogP contribution in [0.2, 0.25) is 0 Å². The van der Waals surface area contributed by atoms with Gasteiger partial charge in [-0.25, -0.2) is 19.9 Å². The van der Waals surface area contributed by atoms with Gasteiger partial charge in [-0.05, 0) is 19.9 Å². The quantitative estimate of drug-likeness (QED) is 0.278. The van der Waals surface area contributed by atoms with E-state index < -0.39 is 0 Å². The van der Waals surface area contributed by atoms with E-state index in [0.717, 1.165) is 83.1 Å². The number of fused-ring (bicyclic) bond motifs is 1. The summed E-state index contributed by atoms with van der Waals surface area (Å²) in [6.45, 7) is 15.7. The summed E-state index contributed by atoms with van der Waals surface area (Å²) in [5.74, 6) is 3.74. The van der Waals surface area contributed by atoms with Crippen molar-refractivity contribution >= 4 is 40.2 Å². The summed E-state index contributed by atoms with van der Waals surface area (Å²) >= 11 is 1.78. The minimum absolute atomic E-state index is 0.00473. The first-order valence-electron chi connectivity index (χ1n) is 13.4. The first-order chi connectivity index (χ1) is 19.2. The number of rotatable bonds is 9. The summed E-state index contributed by atoms with van der Waals surface area (Å²) in [7, 11) is 1.62. The maximum atomic E-state index is 6.40. The fourth-order valence-corrected chi connectivity index (χ4v) is 5.49. The molecule has 0 radical (unpaired) electrons. The molecule has 1 saturated heterocycles. The van der Waals surface area contributed by atoms with E-state index in [0.29, 0.717) is 12.4 Å². The van der Waals surface area contributed by atoms with E-state index in [1.807, 2.05) is 19.9 Å². The van der Waals surface area contributed by atoms with Crippen molar-refractivity contribution in [3.05, 3.63) is 42.1 Å². The van der Waals surface area contributed by atoms with Crippen LogP contribution in [-0.2, 0) is 0 Å². The molecule has 2 N–H and O–H groups in total. The number of benzene rings is 1. The molecule has 1 fully saturated rings. The van der Waals surface area contributed by atoms with Gasteiger partial charge < -0.3 is 19.7 Å². The second-order valence-electron chi connectivity index (χ2n) is 10.8. The van der Waals surface area contributed by atoms with Gasteiger partial charge in [-0.15, -0.1) is 11.8 Å². The predicted octanol–water partition coefficient (Wildman–Crippen LogP) is 4.60. The summed E-state index contributed by atoms with van der Waals surface area (Å²) in [5.41, 5.74) is 2.91. The van der Waals surface area contributed by atoms with Crippen molar-refractivity contribution in [2.45, 2.75) is 44.3 Å². The fraction of sp³-hybridized carbons (Fsp3) is 0.464. The molecule has 1 aliphatic rings. The molecule has 1 aromatic carbocycles. The van der Waals surface area contributed by atoms with E-state index in [1.165, 1.54) is 0 Å². The van der Waals surface area contributed by atoms with Gasteiger partial charge >= 0.3 is 0 Å². The molecule has 0 aliphatic carbocycles. The van der Waals surface area contributed by atoms with Crippen LogP contribution < -0.4 is 19.7 Å². The van der Waals surface area contributed by atoms with Gasteiger partial charge in [0.25, 0.3) is 0 Å². The summed E-state index contributed by atoms with van der Waals surface area (Å²) < 4.78 is 11.6. The second-order valence-corrected chi connectivity index (χ2v) is 12.7. The molecule has 0 saturated carbocycles. The highest BCUT2D eigenvalue weighted by Crippen LogP contribution is 2.41. The Morgan fingerprint density at radius 2 is 1.75 bits per heavy atom. The van der Waals surface area contributed by atoms with Crippen LogP contribution in [0.1, 0.15) is 32.0 Å². The predicted molar refractivity (Wildman–Crippen MR) is 159 cm³/mol. The number of piperazine rings is 1. The molecule has 0 atom stereocenters. The summed E-state index contributed by atoms with van der Waals surface area (Å²) in [4.78, 5) is 23.6. The second kappa shape index (κ2) is 11.8. The van der Waals surface area contributed by atoms with Crippen molar-refractivity contribution in [3.63, 3.8) is 0 Å². The Labute approximate surface area is 239 Å². The maximum absolute atomic E-state index is 6.40. The smallest absolute Gasteiger partial charge is 0.225 e. The zero-order chi connectivity index (χ0) is 28.3. The van der Waals surface area contributed by atoms with Gasteiger partial charge in [-0.2, -0.15) is 5.10 Å². The Morgan fingerprint density at radius 3 is 2.40 bits per heavy atom. The molecule has 12 heteroatoms. The molecule has 3 aromatic heterocycles. The largest absolute Gasteiger partial charge is 0.494 e. The lowest BCUT2D eigenvalue weighted by Crippen LogP contribution is -2.48. The van der Waals surface area contributed by atoms with E-state index in [1.54, 1.807) is 37.6 Å². The Hall–Kier alpha value is -3.64. The number of aromatic nitrogens is 6. The molecule has 0 amide bonds. The third-order valence-electron chi connectivity index (χ3n) is 6.78. The van der Waals surface area contributed by atoms with Crippen LogP contribution in [0.3, 0.4) is 0 Å². The van der Waals surface area contributed by atoms with Crippen LogP contribution in [-0.4, -0.2) is 86.2 Å². The van der Waals surface area contributed by atoms with Gasteiger partial charge in [0, 0.05) is 60.2 Å². The lowest BCUT2D eigenvalue weighted by molar-refractivity contribution is 0.198. The van der Waals surface area contributed by atoms with Crippen LogP contribution in [0, 0.1) is 13.8 Å². The molecule has 1 aliphatic heterocycles. The molecule has 4 aromatic rings. The molecule has 0 bridgehead atoms. The fourth-order valence-electron chi connectivity index (χ4n) is 4.44. The van der Waals surface area contributed by atoms with Gasteiger partial charge in [0.2, 0.25) is 5.95 Å². The molecular weight excluding hydrogens is 526 g/mol. The molecule has 11 nitrogen and oxygen atoms in total. The Balaban J connectivity index is 1.26. The number of H-pyrrole nitrogens is 1. The standard InChI is InChI=1S/C28H37N9O2S/c1-18-19(2)34-35-25(18)33-26-21-13-24(40-28(3,4)5)23(14-22(21)31-17-32-26)39-12-11-36-7-9-37(10-8-36)27-29-15-20(38-6)16-30-27/h13-17H,7-12H2,1-6H3,(H2,31,32,33,34,35). The van der Waals surface area contributed by atoms with Gasteiger partial charge in [-0.1, -0.05) is 20.8 Å². The zero-order valence-corrected chi connectivity index (χ0v) is 24.8. The summed E-state index contributed by atoms with van der Waals surface area (Å²) in [5, 5.41) is 11.7.